The van der Waals surface area contributed by atoms with E-state index in [1.807, 2.05) is 19.9 Å². The van der Waals surface area contributed by atoms with Gasteiger partial charge in [0.25, 0.3) is 11.8 Å². The molecule has 2 heterocycles. The first kappa shape index (κ1) is 35.4. The topological polar surface area (TPSA) is 146 Å². The Balaban J connectivity index is 1.60. The lowest BCUT2D eigenvalue weighted by Crippen LogP contribution is -2.48. The number of urea groups is 1. The molecule has 1 aliphatic heterocycles. The lowest BCUT2D eigenvalue weighted by molar-refractivity contribution is -0.0115. The molecule has 1 aromatic heterocycles. The summed E-state index contributed by atoms with van der Waals surface area (Å²) in [4.78, 5) is 43.6. The minimum Gasteiger partial charge on any atom is -0.490 e. The van der Waals surface area contributed by atoms with Gasteiger partial charge < -0.3 is 39.5 Å². The first-order valence-electron chi connectivity index (χ1n) is 16.1. The van der Waals surface area contributed by atoms with Crippen LogP contribution in [0.4, 0.5) is 16.2 Å². The molecule has 47 heavy (non-hydrogen) atoms. The van der Waals surface area contributed by atoms with Crippen LogP contribution in [0.15, 0.2) is 53.1 Å². The molecule has 4 rings (SSSR count). The van der Waals surface area contributed by atoms with Crippen molar-refractivity contribution in [1.29, 1.82) is 0 Å². The lowest BCUT2D eigenvalue weighted by Gasteiger charge is -2.35. The number of rotatable bonds is 7. The first-order chi connectivity index (χ1) is 22.5. The zero-order valence-corrected chi connectivity index (χ0v) is 28.1. The second kappa shape index (κ2) is 16.4. The van der Waals surface area contributed by atoms with Crippen LogP contribution in [0.5, 0.6) is 5.75 Å². The number of aryl methyl sites for hydroxylation is 2. The Morgan fingerprint density at radius 3 is 2.53 bits per heavy atom. The number of aliphatic hydroxyl groups excluding tert-OH is 1. The number of likely N-dealkylation sites (N-methyl/N-ethyl adjacent to an activating group) is 1. The fourth-order valence-electron chi connectivity index (χ4n) is 5.47. The van der Waals surface area contributed by atoms with Crippen molar-refractivity contribution >= 4 is 29.2 Å². The Bertz CT molecular complexity index is 1490. The Morgan fingerprint density at radius 2 is 1.85 bits per heavy atom. The van der Waals surface area contributed by atoms with Crippen molar-refractivity contribution in [2.75, 3.05) is 44.0 Å². The molecule has 2 aromatic carbocycles. The van der Waals surface area contributed by atoms with Gasteiger partial charge in [-0.05, 0) is 77.3 Å². The van der Waals surface area contributed by atoms with Gasteiger partial charge in [-0.25, -0.2) is 4.79 Å². The van der Waals surface area contributed by atoms with Crippen molar-refractivity contribution in [1.82, 2.24) is 15.0 Å². The highest BCUT2D eigenvalue weighted by Gasteiger charge is 2.31. The minimum absolute atomic E-state index is 0.188. The Kier molecular flexibility index (Phi) is 12.4. The standard InChI is InChI=1S/C35H47N5O7/c1-22-19-40(23(2)21-41)34(43)29-18-28(36-33(42)27-13-8-7-9-14-27)15-16-30(29)46-24(3)12-10-11-17-45-31(22)20-39(6)35(44)37-32-25(4)38-47-26(32)5/h7-9,13-16,18,22-24,31,41H,10-12,17,19-21H2,1-6H3,(H,36,42)(H,37,44)/t22-,23+,24-,31-/m1/s1. The monoisotopic (exact) mass is 649 g/mol. The van der Waals surface area contributed by atoms with E-state index in [-0.39, 0.29) is 55.1 Å². The van der Waals surface area contributed by atoms with Gasteiger partial charge in [0.15, 0.2) is 5.76 Å². The number of carbonyl (C=O) groups is 3. The van der Waals surface area contributed by atoms with Crippen LogP contribution in [-0.4, -0.2) is 89.5 Å². The van der Waals surface area contributed by atoms with E-state index in [1.165, 1.54) is 0 Å². The van der Waals surface area contributed by atoms with Crippen molar-refractivity contribution in [3.05, 3.63) is 71.1 Å². The van der Waals surface area contributed by atoms with E-state index in [4.69, 9.17) is 14.0 Å². The number of amides is 4. The number of hydrogen-bond acceptors (Lipinski definition) is 8. The molecule has 0 aliphatic carbocycles. The van der Waals surface area contributed by atoms with Crippen molar-refractivity contribution in [3.8, 4) is 5.75 Å². The number of aliphatic hydroxyl groups is 1. The maximum Gasteiger partial charge on any atom is 0.321 e. The number of fused-ring (bicyclic) bond motifs is 1. The molecule has 0 unspecified atom stereocenters. The molecular weight excluding hydrogens is 602 g/mol. The maximum atomic E-state index is 14.3. The molecule has 0 radical (unpaired) electrons. The molecule has 0 spiro atoms. The maximum absolute atomic E-state index is 14.3. The van der Waals surface area contributed by atoms with E-state index in [9.17, 15) is 19.5 Å². The second-order valence-electron chi connectivity index (χ2n) is 12.3. The summed E-state index contributed by atoms with van der Waals surface area (Å²) in [5, 5.41) is 19.9. The molecule has 0 fully saturated rings. The van der Waals surface area contributed by atoms with Crippen LogP contribution in [-0.2, 0) is 4.74 Å². The zero-order valence-electron chi connectivity index (χ0n) is 28.1. The third-order valence-corrected chi connectivity index (χ3v) is 8.41. The van der Waals surface area contributed by atoms with E-state index >= 15 is 0 Å². The fourth-order valence-corrected chi connectivity index (χ4v) is 5.47. The van der Waals surface area contributed by atoms with Crippen LogP contribution in [0.3, 0.4) is 0 Å². The summed E-state index contributed by atoms with van der Waals surface area (Å²) in [5.41, 5.74) is 2.33. The normalized spacial score (nSPS) is 19.9. The van der Waals surface area contributed by atoms with E-state index in [2.05, 4.69) is 15.8 Å². The van der Waals surface area contributed by atoms with Gasteiger partial charge in [0.2, 0.25) is 0 Å². The van der Waals surface area contributed by atoms with Gasteiger partial charge in [-0.1, -0.05) is 30.3 Å². The van der Waals surface area contributed by atoms with E-state index in [0.717, 1.165) is 19.3 Å². The quantitative estimate of drug-likeness (QED) is 0.304. The predicted molar refractivity (Wildman–Crippen MR) is 179 cm³/mol. The summed E-state index contributed by atoms with van der Waals surface area (Å²) in [6.07, 6.45) is 1.77. The van der Waals surface area contributed by atoms with Crippen LogP contribution in [0.2, 0.25) is 0 Å². The lowest BCUT2D eigenvalue weighted by atomic mass is 10.0. The number of benzene rings is 2. The highest BCUT2D eigenvalue weighted by Crippen LogP contribution is 2.29. The average Bonchev–Trinajstić information content (AvgIpc) is 3.38. The summed E-state index contributed by atoms with van der Waals surface area (Å²) >= 11 is 0. The molecule has 12 heteroatoms. The van der Waals surface area contributed by atoms with E-state index in [0.29, 0.717) is 40.7 Å². The van der Waals surface area contributed by atoms with Gasteiger partial charge in [-0.3, -0.25) is 9.59 Å². The van der Waals surface area contributed by atoms with E-state index in [1.54, 1.807) is 80.1 Å². The molecule has 0 saturated carbocycles. The first-order valence-corrected chi connectivity index (χ1v) is 16.1. The number of nitrogens with zero attached hydrogens (tertiary/aromatic N) is 3. The van der Waals surface area contributed by atoms with Gasteiger partial charge in [0, 0.05) is 43.9 Å². The average molecular weight is 650 g/mol. The summed E-state index contributed by atoms with van der Waals surface area (Å²) in [5.74, 6) is 0.0416. The molecule has 3 N–H and O–H groups in total. The highest BCUT2D eigenvalue weighted by molar-refractivity contribution is 6.05. The number of hydrogen-bond donors (Lipinski definition) is 3. The Labute approximate surface area is 276 Å². The molecule has 0 bridgehead atoms. The second-order valence-corrected chi connectivity index (χ2v) is 12.3. The number of nitrogens with one attached hydrogen (secondary N) is 2. The van der Waals surface area contributed by atoms with Crippen LogP contribution in [0.1, 0.15) is 72.2 Å². The minimum atomic E-state index is -0.535. The van der Waals surface area contributed by atoms with Crippen LogP contribution in [0.25, 0.3) is 0 Å². The van der Waals surface area contributed by atoms with Gasteiger partial charge in [0.05, 0.1) is 30.4 Å². The predicted octanol–water partition coefficient (Wildman–Crippen LogP) is 5.50. The Morgan fingerprint density at radius 1 is 1.11 bits per heavy atom. The van der Waals surface area contributed by atoms with Crippen molar-refractivity contribution in [3.63, 3.8) is 0 Å². The third kappa shape index (κ3) is 9.32. The van der Waals surface area contributed by atoms with Gasteiger partial charge in [-0.2, -0.15) is 0 Å². The number of carbonyl (C=O) groups excluding carboxylic acids is 3. The summed E-state index contributed by atoms with van der Waals surface area (Å²) < 4.78 is 17.8. The largest absolute Gasteiger partial charge is 0.490 e. The molecule has 0 saturated heterocycles. The molecule has 4 atom stereocenters. The molecular formula is C35H47N5O7. The third-order valence-electron chi connectivity index (χ3n) is 8.41. The Hall–Kier alpha value is -4.42. The molecule has 4 amide bonds. The fraction of sp³-hybridized carbons (Fsp3) is 0.486. The molecule has 3 aromatic rings. The zero-order chi connectivity index (χ0) is 34.1. The van der Waals surface area contributed by atoms with Gasteiger partial charge in [0.1, 0.15) is 17.1 Å². The van der Waals surface area contributed by atoms with Crippen molar-refractivity contribution in [2.45, 2.75) is 72.1 Å². The van der Waals surface area contributed by atoms with Crippen molar-refractivity contribution < 1.29 is 33.5 Å². The number of ether oxygens (including phenoxy) is 2. The number of aromatic nitrogens is 1. The molecule has 1 aliphatic rings. The van der Waals surface area contributed by atoms with Gasteiger partial charge >= 0.3 is 6.03 Å². The van der Waals surface area contributed by atoms with Crippen molar-refractivity contribution in [2.24, 2.45) is 5.92 Å². The highest BCUT2D eigenvalue weighted by atomic mass is 16.5. The molecule has 254 valence electrons. The summed E-state index contributed by atoms with van der Waals surface area (Å²) in [6, 6.07) is 13.0. The SMILES string of the molecule is Cc1noc(C)c1NC(=O)N(C)C[C@H]1OCCCC[C@@H](C)Oc2ccc(NC(=O)c3ccccc3)cc2C(=O)N([C@@H](C)CO)C[C@H]1C. The summed E-state index contributed by atoms with van der Waals surface area (Å²) in [6.45, 7) is 9.90. The van der Waals surface area contributed by atoms with Crippen LogP contribution in [0, 0.1) is 19.8 Å². The summed E-state index contributed by atoms with van der Waals surface area (Å²) in [7, 11) is 1.69. The smallest absolute Gasteiger partial charge is 0.321 e. The number of anilines is 2. The van der Waals surface area contributed by atoms with E-state index < -0.39 is 12.1 Å². The molecule has 12 nitrogen and oxygen atoms in total. The van der Waals surface area contributed by atoms with Gasteiger partial charge in [-0.15, -0.1) is 0 Å². The van der Waals surface area contributed by atoms with Crippen LogP contribution >= 0.6 is 0 Å². The van der Waals surface area contributed by atoms with Crippen LogP contribution < -0.4 is 15.4 Å².